The fourth-order valence-electron chi connectivity index (χ4n) is 2.16. The Balaban J connectivity index is 2.03. The fraction of sp³-hybridized carbons (Fsp3) is 0.368. The van der Waals surface area contributed by atoms with Crippen LogP contribution >= 0.6 is 0 Å². The van der Waals surface area contributed by atoms with Crippen molar-refractivity contribution in [2.75, 3.05) is 13.1 Å². The molecule has 5 nitrogen and oxygen atoms in total. The molecule has 5 heteroatoms. The molecular formula is C19H23N3O2. The van der Waals surface area contributed by atoms with Crippen LogP contribution in [0.3, 0.4) is 0 Å². The van der Waals surface area contributed by atoms with Gasteiger partial charge in [0.25, 0.3) is 5.91 Å². The number of amides is 1. The Hall–Kier alpha value is -2.58. The van der Waals surface area contributed by atoms with E-state index in [2.05, 4.69) is 16.9 Å². The van der Waals surface area contributed by atoms with Gasteiger partial charge in [-0.3, -0.25) is 9.48 Å². The minimum Gasteiger partial charge on any atom is -0.378 e. The van der Waals surface area contributed by atoms with Crippen molar-refractivity contribution in [2.24, 2.45) is 0 Å². The molecule has 0 spiro atoms. The molecular weight excluding hydrogens is 302 g/mol. The van der Waals surface area contributed by atoms with Crippen LogP contribution in [0.25, 0.3) is 0 Å². The van der Waals surface area contributed by atoms with E-state index >= 15 is 0 Å². The van der Waals surface area contributed by atoms with Gasteiger partial charge in [0.05, 0.1) is 6.54 Å². The third-order valence-corrected chi connectivity index (χ3v) is 3.47. The molecule has 0 aliphatic carbocycles. The zero-order chi connectivity index (χ0) is 17.6. The highest BCUT2D eigenvalue weighted by Gasteiger charge is 2.14. The molecule has 0 aliphatic rings. The number of aliphatic hydroxyl groups is 1. The van der Waals surface area contributed by atoms with Gasteiger partial charge >= 0.3 is 0 Å². The van der Waals surface area contributed by atoms with Crippen molar-refractivity contribution in [3.05, 3.63) is 53.9 Å². The summed E-state index contributed by atoms with van der Waals surface area (Å²) in [5, 5.41) is 13.8. The maximum absolute atomic E-state index is 12.6. The van der Waals surface area contributed by atoms with Crippen LogP contribution in [0.5, 0.6) is 0 Å². The maximum Gasteiger partial charge on any atom is 0.253 e. The van der Waals surface area contributed by atoms with E-state index in [9.17, 15) is 9.90 Å². The Morgan fingerprint density at radius 1 is 1.33 bits per heavy atom. The summed E-state index contributed by atoms with van der Waals surface area (Å²) in [6.45, 7) is 7.15. The van der Waals surface area contributed by atoms with Gasteiger partial charge in [0, 0.05) is 36.6 Å². The van der Waals surface area contributed by atoms with Crippen LogP contribution in [0.15, 0.2) is 42.7 Å². The molecule has 0 saturated heterocycles. The van der Waals surface area contributed by atoms with Gasteiger partial charge in [-0.2, -0.15) is 5.10 Å². The lowest BCUT2D eigenvalue weighted by atomic mass is 10.1. The molecule has 0 bridgehead atoms. The van der Waals surface area contributed by atoms with E-state index in [4.69, 9.17) is 0 Å². The second kappa shape index (κ2) is 7.80. The zero-order valence-electron chi connectivity index (χ0n) is 14.4. The Bertz CT molecular complexity index is 717. The van der Waals surface area contributed by atoms with Crippen molar-refractivity contribution >= 4 is 5.91 Å². The Morgan fingerprint density at radius 3 is 2.58 bits per heavy atom. The van der Waals surface area contributed by atoms with Crippen molar-refractivity contribution in [3.63, 3.8) is 0 Å². The highest BCUT2D eigenvalue weighted by atomic mass is 16.3. The average molecular weight is 325 g/mol. The van der Waals surface area contributed by atoms with Crippen LogP contribution in [-0.4, -0.2) is 44.4 Å². The van der Waals surface area contributed by atoms with Gasteiger partial charge in [0.1, 0.15) is 5.60 Å². The second-order valence-corrected chi connectivity index (χ2v) is 6.04. The summed E-state index contributed by atoms with van der Waals surface area (Å²) in [7, 11) is 0. The molecule has 0 radical (unpaired) electrons. The summed E-state index contributed by atoms with van der Waals surface area (Å²) >= 11 is 0. The fourth-order valence-corrected chi connectivity index (χ4v) is 2.16. The number of nitrogens with zero attached hydrogens (tertiary/aromatic N) is 3. The van der Waals surface area contributed by atoms with Gasteiger partial charge in [-0.1, -0.05) is 11.8 Å². The highest BCUT2D eigenvalue weighted by molar-refractivity contribution is 5.94. The lowest BCUT2D eigenvalue weighted by Gasteiger charge is -2.21. The van der Waals surface area contributed by atoms with Gasteiger partial charge in [0.2, 0.25) is 0 Å². The van der Waals surface area contributed by atoms with Gasteiger partial charge in [-0.15, -0.1) is 0 Å². The van der Waals surface area contributed by atoms with Crippen molar-refractivity contribution in [3.8, 4) is 11.8 Å². The topological polar surface area (TPSA) is 58.4 Å². The third kappa shape index (κ3) is 5.25. The first-order valence-electron chi connectivity index (χ1n) is 8.01. The van der Waals surface area contributed by atoms with Crippen LogP contribution in [0.4, 0.5) is 0 Å². The summed E-state index contributed by atoms with van der Waals surface area (Å²) < 4.78 is 1.81. The number of carbonyl (C=O) groups excluding carboxylic acids is 1. The van der Waals surface area contributed by atoms with Gasteiger partial charge < -0.3 is 10.0 Å². The van der Waals surface area contributed by atoms with Crippen LogP contribution in [-0.2, 0) is 6.54 Å². The van der Waals surface area contributed by atoms with Gasteiger partial charge in [-0.05, 0) is 51.1 Å². The molecule has 0 fully saturated rings. The number of likely N-dealkylation sites (N-methyl/N-ethyl adjacent to an activating group) is 1. The van der Waals surface area contributed by atoms with Crippen molar-refractivity contribution in [2.45, 2.75) is 32.9 Å². The number of aromatic nitrogens is 2. The van der Waals surface area contributed by atoms with Crippen molar-refractivity contribution in [1.82, 2.24) is 14.7 Å². The molecule has 24 heavy (non-hydrogen) atoms. The lowest BCUT2D eigenvalue weighted by molar-refractivity contribution is 0.0757. The van der Waals surface area contributed by atoms with E-state index in [0.717, 1.165) is 5.56 Å². The number of hydrogen-bond donors (Lipinski definition) is 1. The average Bonchev–Trinajstić information content (AvgIpc) is 3.06. The second-order valence-electron chi connectivity index (χ2n) is 6.04. The van der Waals surface area contributed by atoms with Gasteiger partial charge in [0.15, 0.2) is 0 Å². The lowest BCUT2D eigenvalue weighted by Crippen LogP contribution is -2.33. The van der Waals surface area contributed by atoms with Crippen LogP contribution in [0, 0.1) is 11.8 Å². The largest absolute Gasteiger partial charge is 0.378 e. The molecule has 2 rings (SSSR count). The maximum atomic E-state index is 12.6. The standard InChI is InChI=1S/C19H23N3O2/c1-4-21(14-15-22-13-5-12-20-22)18(23)17-8-6-16(7-9-17)10-11-19(2,3)24/h5-9,12-13,24H,4,14-15H2,1-3H3. The molecule has 0 atom stereocenters. The minimum absolute atomic E-state index is 0.00773. The summed E-state index contributed by atoms with van der Waals surface area (Å²) in [5.41, 5.74) is 0.374. The molecule has 1 amide bonds. The van der Waals surface area contributed by atoms with Crippen LogP contribution < -0.4 is 0 Å². The Labute approximate surface area is 142 Å². The zero-order valence-corrected chi connectivity index (χ0v) is 14.4. The molecule has 0 unspecified atom stereocenters. The monoisotopic (exact) mass is 325 g/mol. The Kier molecular flexibility index (Phi) is 5.78. The predicted octanol–water partition coefficient (Wildman–Crippen LogP) is 2.17. The first-order chi connectivity index (χ1) is 11.4. The smallest absolute Gasteiger partial charge is 0.253 e. The number of benzene rings is 1. The summed E-state index contributed by atoms with van der Waals surface area (Å²) in [4.78, 5) is 14.4. The highest BCUT2D eigenvalue weighted by Crippen LogP contribution is 2.08. The van der Waals surface area contributed by atoms with E-state index in [1.54, 1.807) is 49.2 Å². The van der Waals surface area contributed by atoms with E-state index in [-0.39, 0.29) is 5.91 Å². The van der Waals surface area contributed by atoms with E-state index < -0.39 is 5.60 Å². The molecule has 126 valence electrons. The van der Waals surface area contributed by atoms with Crippen molar-refractivity contribution in [1.29, 1.82) is 0 Å². The van der Waals surface area contributed by atoms with E-state index in [1.165, 1.54) is 0 Å². The third-order valence-electron chi connectivity index (χ3n) is 3.47. The normalized spacial score (nSPS) is 10.8. The van der Waals surface area contributed by atoms with Crippen LogP contribution in [0.2, 0.25) is 0 Å². The molecule has 1 aromatic carbocycles. The number of carbonyl (C=O) groups is 1. The summed E-state index contributed by atoms with van der Waals surface area (Å²) in [5.74, 6) is 5.65. The Morgan fingerprint density at radius 2 is 2.04 bits per heavy atom. The van der Waals surface area contributed by atoms with E-state index in [0.29, 0.717) is 25.2 Å². The number of rotatable bonds is 5. The molecule has 0 aliphatic heterocycles. The quantitative estimate of drug-likeness (QED) is 0.857. The first-order valence-corrected chi connectivity index (χ1v) is 8.01. The SMILES string of the molecule is CCN(CCn1cccn1)C(=O)c1ccc(C#CC(C)(C)O)cc1. The molecule has 1 aromatic heterocycles. The molecule has 1 heterocycles. The van der Waals surface area contributed by atoms with Crippen molar-refractivity contribution < 1.29 is 9.90 Å². The molecule has 0 saturated carbocycles. The summed E-state index contributed by atoms with van der Waals surface area (Å²) in [6, 6.07) is 9.01. The van der Waals surface area contributed by atoms with Crippen LogP contribution in [0.1, 0.15) is 36.7 Å². The van der Waals surface area contributed by atoms with E-state index in [1.807, 2.05) is 23.9 Å². The molecule has 2 aromatic rings. The molecule has 1 N–H and O–H groups in total. The predicted molar refractivity (Wildman–Crippen MR) is 93.4 cm³/mol. The first kappa shape index (κ1) is 17.8. The minimum atomic E-state index is -1.03. The number of hydrogen-bond acceptors (Lipinski definition) is 3. The van der Waals surface area contributed by atoms with Gasteiger partial charge in [-0.25, -0.2) is 0 Å². The summed E-state index contributed by atoms with van der Waals surface area (Å²) in [6.07, 6.45) is 3.61.